The Hall–Kier alpha value is -3.82. The number of methoxy groups -OCH3 is 2. The third-order valence-electron chi connectivity index (χ3n) is 4.17. The molecule has 1 aromatic heterocycles. The number of hydrogen-bond donors (Lipinski definition) is 1. The highest BCUT2D eigenvalue weighted by Gasteiger charge is 2.21. The van der Waals surface area contributed by atoms with Crippen molar-refractivity contribution >= 4 is 23.6 Å². The van der Waals surface area contributed by atoms with Gasteiger partial charge in [-0.15, -0.1) is 0 Å². The van der Waals surface area contributed by atoms with Gasteiger partial charge in [0.05, 0.1) is 14.2 Å². The van der Waals surface area contributed by atoms with Crippen LogP contribution < -0.4 is 26.5 Å². The summed E-state index contributed by atoms with van der Waals surface area (Å²) in [5.41, 5.74) is 4.35. The molecule has 2 N–H and O–H groups in total. The van der Waals surface area contributed by atoms with Crippen LogP contribution in [0.4, 0.5) is 5.82 Å². The average molecular weight is 403 g/mol. The molecule has 2 aromatic rings. The van der Waals surface area contributed by atoms with Crippen molar-refractivity contribution in [3.63, 3.8) is 0 Å². The third-order valence-corrected chi connectivity index (χ3v) is 4.17. The zero-order valence-corrected chi connectivity index (χ0v) is 16.4. The van der Waals surface area contributed by atoms with E-state index in [2.05, 4.69) is 0 Å². The molecule has 0 radical (unpaired) electrons. The number of hydrogen-bond acceptors (Lipinski definition) is 8. The summed E-state index contributed by atoms with van der Waals surface area (Å²) in [6, 6.07) is 5.02. The number of rotatable bonds is 7. The molecule has 10 nitrogen and oxygen atoms in total. The highest BCUT2D eigenvalue weighted by atomic mass is 16.5. The number of carbonyl (C=O) groups is 2. The number of carbonyl (C=O) groups excluding carboxylic acids is 2. The molecule has 0 fully saturated rings. The summed E-state index contributed by atoms with van der Waals surface area (Å²) in [5.74, 6) is -0.855. The molecule has 29 heavy (non-hydrogen) atoms. The first-order chi connectivity index (χ1) is 13.7. The number of nitrogens with zero attached hydrogens (tertiary/aromatic N) is 2. The lowest BCUT2D eigenvalue weighted by atomic mass is 10.1. The van der Waals surface area contributed by atoms with E-state index < -0.39 is 35.2 Å². The van der Waals surface area contributed by atoms with Gasteiger partial charge in [-0.3, -0.25) is 18.7 Å². The lowest BCUT2D eigenvalue weighted by Gasteiger charge is -2.10. The molecule has 0 unspecified atom stereocenters. The second-order valence-corrected chi connectivity index (χ2v) is 5.94. The molecule has 0 aliphatic rings. The van der Waals surface area contributed by atoms with Gasteiger partial charge in [-0.25, -0.2) is 9.59 Å². The molecular weight excluding hydrogens is 382 g/mol. The van der Waals surface area contributed by atoms with Gasteiger partial charge in [0.25, 0.3) is 5.56 Å². The molecule has 0 bridgehead atoms. The van der Waals surface area contributed by atoms with Crippen molar-refractivity contribution in [3.05, 3.63) is 56.2 Å². The van der Waals surface area contributed by atoms with Crippen LogP contribution in [0.15, 0.2) is 33.9 Å². The molecule has 0 atom stereocenters. The van der Waals surface area contributed by atoms with E-state index in [4.69, 9.17) is 19.9 Å². The van der Waals surface area contributed by atoms with E-state index >= 15 is 0 Å². The molecule has 0 saturated heterocycles. The highest BCUT2D eigenvalue weighted by Crippen LogP contribution is 2.25. The lowest BCUT2D eigenvalue weighted by Crippen LogP contribution is -2.42. The van der Waals surface area contributed by atoms with Gasteiger partial charge in [-0.1, -0.05) is 0 Å². The Kier molecular flexibility index (Phi) is 6.60. The van der Waals surface area contributed by atoms with E-state index in [1.54, 1.807) is 18.2 Å². The summed E-state index contributed by atoms with van der Waals surface area (Å²) in [7, 11) is 5.54. The van der Waals surface area contributed by atoms with Crippen molar-refractivity contribution in [1.29, 1.82) is 0 Å². The molecule has 10 heteroatoms. The molecule has 0 spiro atoms. The van der Waals surface area contributed by atoms with Crippen LogP contribution in [-0.4, -0.2) is 41.7 Å². The number of nitrogen functional groups attached to an aromatic ring is 1. The summed E-state index contributed by atoms with van der Waals surface area (Å²) >= 11 is 0. The van der Waals surface area contributed by atoms with Crippen molar-refractivity contribution in [1.82, 2.24) is 9.13 Å². The molecule has 2 rings (SSSR count). The molecule has 0 saturated carbocycles. The SMILES string of the molecule is COc1ccc(C=CC(=O)OCC(=O)c2c(N)n(C)c(=O)n(C)c2=O)c(OC)c1. The normalized spacial score (nSPS) is 10.8. The van der Waals surface area contributed by atoms with E-state index in [1.807, 2.05) is 0 Å². The smallest absolute Gasteiger partial charge is 0.332 e. The predicted octanol–water partition coefficient (Wildman–Crippen LogP) is 0.123. The number of nitrogens with two attached hydrogens (primary N) is 1. The van der Waals surface area contributed by atoms with Gasteiger partial charge >= 0.3 is 11.7 Å². The number of ketones is 1. The summed E-state index contributed by atoms with van der Waals surface area (Å²) in [6.07, 6.45) is 2.56. The van der Waals surface area contributed by atoms with Gasteiger partial charge in [0.1, 0.15) is 22.9 Å². The zero-order chi connectivity index (χ0) is 21.7. The predicted molar refractivity (Wildman–Crippen MR) is 105 cm³/mol. The maximum atomic E-state index is 12.3. The number of benzene rings is 1. The molecular formula is C19H21N3O7. The average Bonchev–Trinajstić information content (AvgIpc) is 2.73. The van der Waals surface area contributed by atoms with E-state index in [-0.39, 0.29) is 5.82 Å². The van der Waals surface area contributed by atoms with Crippen molar-refractivity contribution < 1.29 is 23.8 Å². The molecule has 1 heterocycles. The van der Waals surface area contributed by atoms with Crippen LogP contribution in [0.2, 0.25) is 0 Å². The first-order valence-electron chi connectivity index (χ1n) is 8.36. The second-order valence-electron chi connectivity index (χ2n) is 5.94. The first-order valence-corrected chi connectivity index (χ1v) is 8.36. The van der Waals surface area contributed by atoms with Crippen molar-refractivity contribution in [2.45, 2.75) is 0 Å². The van der Waals surface area contributed by atoms with E-state index in [0.717, 1.165) is 15.2 Å². The largest absolute Gasteiger partial charge is 0.497 e. The number of anilines is 1. The Morgan fingerprint density at radius 3 is 2.41 bits per heavy atom. The first kappa shape index (κ1) is 21.5. The summed E-state index contributed by atoms with van der Waals surface area (Å²) in [4.78, 5) is 48.2. The minimum atomic E-state index is -0.856. The molecule has 0 aliphatic heterocycles. The lowest BCUT2D eigenvalue weighted by molar-refractivity contribution is -0.136. The second kappa shape index (κ2) is 8.91. The monoisotopic (exact) mass is 403 g/mol. The Bertz CT molecular complexity index is 1100. The minimum absolute atomic E-state index is 0.294. The van der Waals surface area contributed by atoms with E-state index in [1.165, 1.54) is 34.4 Å². The maximum Gasteiger partial charge on any atom is 0.332 e. The summed E-state index contributed by atoms with van der Waals surface area (Å²) in [6.45, 7) is -0.708. The fraction of sp³-hybridized carbons (Fsp3) is 0.263. The van der Waals surface area contributed by atoms with Crippen molar-refractivity contribution in [3.8, 4) is 11.5 Å². The summed E-state index contributed by atoms with van der Waals surface area (Å²) < 4.78 is 16.9. The van der Waals surface area contributed by atoms with Crippen molar-refractivity contribution in [2.24, 2.45) is 14.1 Å². The Morgan fingerprint density at radius 1 is 1.10 bits per heavy atom. The number of aromatic nitrogens is 2. The van der Waals surface area contributed by atoms with Crippen molar-refractivity contribution in [2.75, 3.05) is 26.6 Å². The number of esters is 1. The summed E-state index contributed by atoms with van der Waals surface area (Å²) in [5, 5.41) is 0. The van der Waals surface area contributed by atoms with Crippen LogP contribution in [0.5, 0.6) is 11.5 Å². The number of Topliss-reactive ketones (excluding diaryl/α,β-unsaturated/α-hetero) is 1. The minimum Gasteiger partial charge on any atom is -0.497 e. The van der Waals surface area contributed by atoms with Gasteiger partial charge < -0.3 is 19.9 Å². The fourth-order valence-corrected chi connectivity index (χ4v) is 2.49. The topological polar surface area (TPSA) is 132 Å². The zero-order valence-electron chi connectivity index (χ0n) is 16.4. The fourth-order valence-electron chi connectivity index (χ4n) is 2.49. The Labute approximate surface area is 165 Å². The van der Waals surface area contributed by atoms with Gasteiger partial charge in [0.15, 0.2) is 6.61 Å². The van der Waals surface area contributed by atoms with Crippen LogP contribution in [0.25, 0.3) is 6.08 Å². The van der Waals surface area contributed by atoms with Gasteiger partial charge in [0, 0.05) is 31.8 Å². The van der Waals surface area contributed by atoms with E-state index in [0.29, 0.717) is 17.1 Å². The highest BCUT2D eigenvalue weighted by molar-refractivity contribution is 6.02. The van der Waals surface area contributed by atoms with Crippen LogP contribution in [-0.2, 0) is 23.6 Å². The molecule has 0 amide bonds. The van der Waals surface area contributed by atoms with E-state index in [9.17, 15) is 19.2 Å². The third kappa shape index (κ3) is 4.54. The Balaban J connectivity index is 2.13. The Morgan fingerprint density at radius 2 is 1.79 bits per heavy atom. The van der Waals surface area contributed by atoms with Crippen LogP contribution in [0.3, 0.4) is 0 Å². The maximum absolute atomic E-state index is 12.3. The van der Waals surface area contributed by atoms with Crippen LogP contribution in [0, 0.1) is 0 Å². The molecule has 154 valence electrons. The molecule has 1 aromatic carbocycles. The molecule has 0 aliphatic carbocycles. The van der Waals surface area contributed by atoms with Gasteiger partial charge in [0.2, 0.25) is 5.78 Å². The standard InChI is InChI=1S/C19H21N3O7/c1-21-17(20)16(18(25)22(2)19(21)26)13(23)10-29-15(24)8-6-11-5-7-12(27-3)9-14(11)28-4/h5-9H,10,20H2,1-4H3. The van der Waals surface area contributed by atoms with Crippen LogP contribution >= 0.6 is 0 Å². The van der Waals surface area contributed by atoms with Gasteiger partial charge in [-0.05, 0) is 18.2 Å². The number of ether oxygens (including phenoxy) is 3. The quantitative estimate of drug-likeness (QED) is 0.392. The van der Waals surface area contributed by atoms with Crippen LogP contribution in [0.1, 0.15) is 15.9 Å². The van der Waals surface area contributed by atoms with Gasteiger partial charge in [-0.2, -0.15) is 0 Å².